The van der Waals surface area contributed by atoms with E-state index in [2.05, 4.69) is 12.2 Å². The van der Waals surface area contributed by atoms with E-state index in [1.165, 1.54) is 19.3 Å². The number of ether oxygens (including phenoxy) is 1. The number of hydrogen-bond acceptors (Lipinski definition) is 3. The van der Waals surface area contributed by atoms with E-state index in [1.54, 1.807) is 0 Å². The highest BCUT2D eigenvalue weighted by molar-refractivity contribution is 5.75. The summed E-state index contributed by atoms with van der Waals surface area (Å²) in [6, 6.07) is 0.431. The Hall–Kier alpha value is -0.570. The Morgan fingerprint density at radius 1 is 1.25 bits per heavy atom. The van der Waals surface area contributed by atoms with E-state index in [0.717, 1.165) is 25.3 Å². The SMILES string of the molecule is CC1CCC(OC(=O)C2C3CNC2C3)CC1. The van der Waals surface area contributed by atoms with Gasteiger partial charge in [-0.25, -0.2) is 0 Å². The third-order valence-electron chi connectivity index (χ3n) is 4.66. The van der Waals surface area contributed by atoms with Crippen LogP contribution in [-0.2, 0) is 9.53 Å². The lowest BCUT2D eigenvalue weighted by molar-refractivity contribution is -0.161. The van der Waals surface area contributed by atoms with Gasteiger partial charge in [-0.3, -0.25) is 4.79 Å². The lowest BCUT2D eigenvalue weighted by Gasteiger charge is -2.34. The fourth-order valence-electron chi connectivity index (χ4n) is 3.42. The standard InChI is InChI=1S/C13H21NO2/c1-8-2-4-10(5-3-8)16-13(15)12-9-6-11(12)14-7-9/h8-12,14H,2-7H2,1H3. The molecule has 0 radical (unpaired) electrons. The second-order valence-corrected chi connectivity index (χ2v) is 5.86. The molecule has 0 aromatic rings. The summed E-state index contributed by atoms with van der Waals surface area (Å²) in [5.74, 6) is 1.64. The lowest BCUT2D eigenvalue weighted by Crippen LogP contribution is -2.44. The smallest absolute Gasteiger partial charge is 0.311 e. The molecule has 0 amide bonds. The molecule has 3 atom stereocenters. The minimum absolute atomic E-state index is 0.0748. The summed E-state index contributed by atoms with van der Waals surface area (Å²) in [4.78, 5) is 12.0. The Morgan fingerprint density at radius 3 is 2.56 bits per heavy atom. The van der Waals surface area contributed by atoms with Crippen LogP contribution in [0.5, 0.6) is 0 Å². The van der Waals surface area contributed by atoms with Crippen LogP contribution in [0, 0.1) is 17.8 Å². The van der Waals surface area contributed by atoms with Gasteiger partial charge in [0.2, 0.25) is 0 Å². The van der Waals surface area contributed by atoms with Crippen molar-refractivity contribution in [1.29, 1.82) is 0 Å². The summed E-state index contributed by atoms with van der Waals surface area (Å²) >= 11 is 0. The maximum absolute atomic E-state index is 12.0. The highest BCUT2D eigenvalue weighted by Gasteiger charge is 2.51. The van der Waals surface area contributed by atoms with Crippen LogP contribution in [0.25, 0.3) is 0 Å². The zero-order valence-corrected chi connectivity index (χ0v) is 9.95. The van der Waals surface area contributed by atoms with Gasteiger partial charge in [0.15, 0.2) is 0 Å². The van der Waals surface area contributed by atoms with Crippen LogP contribution in [0.4, 0.5) is 0 Å². The third kappa shape index (κ3) is 1.75. The van der Waals surface area contributed by atoms with Crippen LogP contribution in [0.1, 0.15) is 39.0 Å². The van der Waals surface area contributed by atoms with Crippen molar-refractivity contribution in [3.8, 4) is 0 Å². The van der Waals surface area contributed by atoms with Crippen molar-refractivity contribution in [2.24, 2.45) is 17.8 Å². The zero-order valence-electron chi connectivity index (χ0n) is 9.95. The molecule has 4 aliphatic rings. The molecular formula is C13H21NO2. The largest absolute Gasteiger partial charge is 0.462 e. The zero-order chi connectivity index (χ0) is 11.1. The van der Waals surface area contributed by atoms with E-state index in [9.17, 15) is 4.79 Å². The molecule has 16 heavy (non-hydrogen) atoms. The molecule has 4 rings (SSSR count). The summed E-state index contributed by atoms with van der Waals surface area (Å²) in [5.41, 5.74) is 0. The molecular weight excluding hydrogens is 202 g/mol. The van der Waals surface area contributed by atoms with Gasteiger partial charge in [0.1, 0.15) is 6.10 Å². The Labute approximate surface area is 96.9 Å². The summed E-state index contributed by atoms with van der Waals surface area (Å²) in [6.45, 7) is 3.31. The van der Waals surface area contributed by atoms with Gasteiger partial charge in [-0.05, 0) is 50.5 Å². The number of carbonyl (C=O) groups is 1. The van der Waals surface area contributed by atoms with Gasteiger partial charge in [0.05, 0.1) is 5.92 Å². The molecule has 0 aromatic heterocycles. The highest BCUT2D eigenvalue weighted by Crippen LogP contribution is 2.41. The summed E-state index contributed by atoms with van der Waals surface area (Å²) in [5, 5.41) is 3.37. The molecule has 2 bridgehead atoms. The topological polar surface area (TPSA) is 38.3 Å². The summed E-state index contributed by atoms with van der Waals surface area (Å²) in [7, 11) is 0. The van der Waals surface area contributed by atoms with Gasteiger partial charge in [0.25, 0.3) is 0 Å². The average molecular weight is 223 g/mol. The number of carbonyl (C=O) groups excluding carboxylic acids is 1. The monoisotopic (exact) mass is 223 g/mol. The van der Waals surface area contributed by atoms with E-state index in [-0.39, 0.29) is 18.0 Å². The van der Waals surface area contributed by atoms with Crippen molar-refractivity contribution < 1.29 is 9.53 Å². The molecule has 3 heteroatoms. The molecule has 1 N–H and O–H groups in total. The first-order chi connectivity index (χ1) is 7.74. The number of fused-ring (bicyclic) bond motifs is 1. The minimum atomic E-state index is 0.0748. The lowest BCUT2D eigenvalue weighted by atomic mass is 9.74. The Morgan fingerprint density at radius 2 is 2.00 bits per heavy atom. The predicted octanol–water partition coefficient (Wildman–Crippen LogP) is 1.72. The van der Waals surface area contributed by atoms with E-state index in [4.69, 9.17) is 4.74 Å². The third-order valence-corrected chi connectivity index (χ3v) is 4.66. The number of esters is 1. The quantitative estimate of drug-likeness (QED) is 0.724. The van der Waals surface area contributed by atoms with Gasteiger partial charge < -0.3 is 10.1 Å². The van der Waals surface area contributed by atoms with Crippen molar-refractivity contribution in [2.45, 2.75) is 51.2 Å². The molecule has 90 valence electrons. The van der Waals surface area contributed by atoms with Crippen molar-refractivity contribution in [3.05, 3.63) is 0 Å². The van der Waals surface area contributed by atoms with Crippen LogP contribution < -0.4 is 5.32 Å². The van der Waals surface area contributed by atoms with Crippen LogP contribution in [0.15, 0.2) is 0 Å². The van der Waals surface area contributed by atoms with Crippen molar-refractivity contribution in [1.82, 2.24) is 5.32 Å². The van der Waals surface area contributed by atoms with Gasteiger partial charge in [-0.15, -0.1) is 0 Å². The Bertz CT molecular complexity index is 270. The summed E-state index contributed by atoms with van der Waals surface area (Å²) < 4.78 is 5.65. The van der Waals surface area contributed by atoms with Crippen LogP contribution in [-0.4, -0.2) is 24.7 Å². The van der Waals surface area contributed by atoms with Crippen LogP contribution >= 0.6 is 0 Å². The fraction of sp³-hybridized carbons (Fsp3) is 0.923. The maximum Gasteiger partial charge on any atom is 0.311 e. The molecule has 2 aliphatic heterocycles. The second-order valence-electron chi connectivity index (χ2n) is 5.86. The number of nitrogens with one attached hydrogen (secondary N) is 1. The van der Waals surface area contributed by atoms with E-state index in [0.29, 0.717) is 12.0 Å². The van der Waals surface area contributed by atoms with Gasteiger partial charge in [0, 0.05) is 6.04 Å². The molecule has 2 heterocycles. The number of hydrogen-bond donors (Lipinski definition) is 1. The van der Waals surface area contributed by atoms with Crippen LogP contribution in [0.2, 0.25) is 0 Å². The molecule has 0 aromatic carbocycles. The molecule has 3 unspecified atom stereocenters. The normalized spacial score (nSPS) is 46.2. The van der Waals surface area contributed by atoms with Crippen molar-refractivity contribution >= 4 is 5.97 Å². The molecule has 4 fully saturated rings. The molecule has 0 spiro atoms. The van der Waals surface area contributed by atoms with Gasteiger partial charge in [-0.2, -0.15) is 0 Å². The first-order valence-electron chi connectivity index (χ1n) is 6.68. The van der Waals surface area contributed by atoms with E-state index in [1.807, 2.05) is 0 Å². The van der Waals surface area contributed by atoms with Crippen molar-refractivity contribution in [3.63, 3.8) is 0 Å². The highest BCUT2D eigenvalue weighted by atomic mass is 16.5. The molecule has 2 saturated carbocycles. The molecule has 2 saturated heterocycles. The maximum atomic E-state index is 12.0. The fourth-order valence-corrected chi connectivity index (χ4v) is 3.42. The molecule has 2 aliphatic carbocycles. The number of rotatable bonds is 2. The van der Waals surface area contributed by atoms with Crippen LogP contribution in [0.3, 0.4) is 0 Å². The average Bonchev–Trinajstić information content (AvgIpc) is 2.83. The van der Waals surface area contributed by atoms with E-state index >= 15 is 0 Å². The van der Waals surface area contributed by atoms with Gasteiger partial charge >= 0.3 is 5.97 Å². The predicted molar refractivity (Wildman–Crippen MR) is 60.9 cm³/mol. The summed E-state index contributed by atoms with van der Waals surface area (Å²) in [6.07, 6.45) is 5.97. The Balaban J connectivity index is 1.50. The minimum Gasteiger partial charge on any atom is -0.462 e. The first-order valence-corrected chi connectivity index (χ1v) is 6.68. The van der Waals surface area contributed by atoms with Crippen molar-refractivity contribution in [2.75, 3.05) is 6.54 Å². The van der Waals surface area contributed by atoms with E-state index < -0.39 is 0 Å². The molecule has 3 nitrogen and oxygen atoms in total. The second kappa shape index (κ2) is 4.02. The first kappa shape index (κ1) is 10.6. The Kier molecular flexibility index (Phi) is 2.66. The van der Waals surface area contributed by atoms with Gasteiger partial charge in [-0.1, -0.05) is 6.92 Å².